The van der Waals surface area contributed by atoms with Gasteiger partial charge in [0.25, 0.3) is 5.56 Å². The summed E-state index contributed by atoms with van der Waals surface area (Å²) in [5.74, 6) is 0.921. The Morgan fingerprint density at radius 2 is 2.00 bits per heavy atom. The number of aromatic amines is 1. The highest BCUT2D eigenvalue weighted by Crippen LogP contribution is 2.23. The average molecular weight is 424 g/mol. The van der Waals surface area contributed by atoms with E-state index in [4.69, 9.17) is 0 Å². The zero-order valence-corrected chi connectivity index (χ0v) is 19.4. The van der Waals surface area contributed by atoms with Crippen molar-refractivity contribution in [3.63, 3.8) is 0 Å². The van der Waals surface area contributed by atoms with Crippen molar-refractivity contribution in [3.8, 4) is 0 Å². The first-order valence-electron chi connectivity index (χ1n) is 11.6. The Balaban J connectivity index is 1.76. The molecular weight excluding hydrogens is 388 g/mol. The van der Waals surface area contributed by atoms with E-state index in [1.165, 1.54) is 30.6 Å². The molecule has 0 saturated heterocycles. The van der Waals surface area contributed by atoms with Gasteiger partial charge in [0.15, 0.2) is 0 Å². The Labute approximate surface area is 183 Å². The van der Waals surface area contributed by atoms with E-state index in [9.17, 15) is 4.79 Å². The molecule has 1 aliphatic carbocycles. The molecule has 2 N–H and O–H groups in total. The Bertz CT molecular complexity index is 1100. The molecule has 1 unspecified atom stereocenters. The molecule has 1 aromatic carbocycles. The molecule has 2 aromatic heterocycles. The molecule has 7 nitrogen and oxygen atoms in total. The predicted octanol–water partition coefficient (Wildman–Crippen LogP) is 3.06. The van der Waals surface area contributed by atoms with E-state index in [-0.39, 0.29) is 17.1 Å². The number of aromatic nitrogens is 5. The fourth-order valence-corrected chi connectivity index (χ4v) is 5.13. The summed E-state index contributed by atoms with van der Waals surface area (Å²) in [5, 5.41) is 13.9. The van der Waals surface area contributed by atoms with Crippen LogP contribution in [0.15, 0.2) is 29.1 Å². The first-order chi connectivity index (χ1) is 14.8. The topological polar surface area (TPSA) is 80.9 Å². The fraction of sp³-hybridized carbons (Fsp3) is 0.583. The van der Waals surface area contributed by atoms with Crippen LogP contribution in [0.3, 0.4) is 0 Å². The first kappa shape index (κ1) is 21.7. The van der Waals surface area contributed by atoms with Crippen LogP contribution in [0.2, 0.25) is 0 Å². The summed E-state index contributed by atoms with van der Waals surface area (Å²) in [4.78, 5) is 17.6. The van der Waals surface area contributed by atoms with Crippen LogP contribution in [-0.4, -0.2) is 31.2 Å². The van der Waals surface area contributed by atoms with Crippen LogP contribution in [-0.2, 0) is 12.1 Å². The molecule has 1 aliphatic rings. The standard InChI is InChI=1S/C24H34N6O/c1-6-20(22-26-27-28-30(22)24(3,4)5)29(19-12-7-8-13-19)15-18-14-17-11-9-10-16(2)21(17)25-23(18)31/h9-11,14,19-20H,6-8,12-13,15H2,1-5H3,(H,25,31)/p+1/t20-/m1/s1. The summed E-state index contributed by atoms with van der Waals surface area (Å²) in [7, 11) is 0. The average Bonchev–Trinajstić information content (AvgIpc) is 3.41. The molecule has 4 rings (SSSR count). The van der Waals surface area contributed by atoms with Gasteiger partial charge in [-0.3, -0.25) is 4.79 Å². The van der Waals surface area contributed by atoms with Gasteiger partial charge in [-0.05, 0) is 80.8 Å². The zero-order chi connectivity index (χ0) is 22.2. The van der Waals surface area contributed by atoms with Crippen LogP contribution in [0.5, 0.6) is 0 Å². The van der Waals surface area contributed by atoms with Crippen molar-refractivity contribution in [2.24, 2.45) is 0 Å². The largest absolute Gasteiger partial charge is 0.321 e. The molecule has 1 fully saturated rings. The van der Waals surface area contributed by atoms with Gasteiger partial charge in [0.05, 0.1) is 22.7 Å². The van der Waals surface area contributed by atoms with Gasteiger partial charge >= 0.3 is 0 Å². The highest BCUT2D eigenvalue weighted by Gasteiger charge is 2.37. The summed E-state index contributed by atoms with van der Waals surface area (Å²) in [6.45, 7) is 11.3. The van der Waals surface area contributed by atoms with Crippen molar-refractivity contribution in [3.05, 3.63) is 51.6 Å². The minimum Gasteiger partial charge on any atom is -0.321 e. The van der Waals surface area contributed by atoms with Crippen LogP contribution in [0.25, 0.3) is 10.9 Å². The highest BCUT2D eigenvalue weighted by atomic mass is 16.1. The predicted molar refractivity (Wildman–Crippen MR) is 122 cm³/mol. The molecule has 0 radical (unpaired) electrons. The second kappa shape index (κ2) is 8.54. The van der Waals surface area contributed by atoms with E-state index in [1.807, 2.05) is 23.7 Å². The number of pyridine rings is 1. The second-order valence-corrected chi connectivity index (χ2v) is 9.98. The number of benzene rings is 1. The second-order valence-electron chi connectivity index (χ2n) is 9.98. The van der Waals surface area contributed by atoms with E-state index in [0.717, 1.165) is 34.3 Å². The fourth-order valence-electron chi connectivity index (χ4n) is 5.13. The van der Waals surface area contributed by atoms with Crippen LogP contribution in [0, 0.1) is 6.92 Å². The quantitative estimate of drug-likeness (QED) is 0.639. The zero-order valence-electron chi connectivity index (χ0n) is 19.4. The summed E-state index contributed by atoms with van der Waals surface area (Å²) in [6.07, 6.45) is 5.80. The molecule has 1 saturated carbocycles. The maximum absolute atomic E-state index is 13.0. The van der Waals surface area contributed by atoms with Gasteiger partial charge in [-0.2, -0.15) is 0 Å². The molecule has 3 aromatic rings. The molecule has 0 bridgehead atoms. The third-order valence-electron chi connectivity index (χ3n) is 6.74. The molecular formula is C24H35N6O+. The molecule has 0 amide bonds. The van der Waals surface area contributed by atoms with Crippen molar-refractivity contribution < 1.29 is 4.90 Å². The molecule has 31 heavy (non-hydrogen) atoms. The van der Waals surface area contributed by atoms with Crippen LogP contribution >= 0.6 is 0 Å². The number of para-hydroxylation sites is 1. The van der Waals surface area contributed by atoms with Gasteiger partial charge < -0.3 is 9.88 Å². The van der Waals surface area contributed by atoms with Crippen molar-refractivity contribution in [1.82, 2.24) is 25.2 Å². The lowest BCUT2D eigenvalue weighted by atomic mass is 10.0. The number of nitrogens with zero attached hydrogens (tertiary/aromatic N) is 4. The lowest BCUT2D eigenvalue weighted by Gasteiger charge is -2.33. The maximum atomic E-state index is 13.0. The Hall–Kier alpha value is -2.54. The number of quaternary nitrogens is 1. The summed E-state index contributed by atoms with van der Waals surface area (Å²) in [6, 6.07) is 8.90. The van der Waals surface area contributed by atoms with E-state index >= 15 is 0 Å². The number of tetrazole rings is 1. The summed E-state index contributed by atoms with van der Waals surface area (Å²) >= 11 is 0. The molecule has 0 spiro atoms. The SMILES string of the molecule is CC[C@H](c1nnnn1C(C)(C)C)[NH+](Cc1cc2cccc(C)c2[nH]c1=O)C1CCCC1. The van der Waals surface area contributed by atoms with E-state index in [2.05, 4.69) is 60.3 Å². The number of hydrogen-bond donors (Lipinski definition) is 2. The molecule has 166 valence electrons. The van der Waals surface area contributed by atoms with Gasteiger partial charge in [0, 0.05) is 6.42 Å². The number of H-pyrrole nitrogens is 1. The van der Waals surface area contributed by atoms with Gasteiger partial charge in [0.1, 0.15) is 12.6 Å². The van der Waals surface area contributed by atoms with E-state index < -0.39 is 0 Å². The number of rotatable bonds is 6. The third kappa shape index (κ3) is 4.28. The molecule has 7 heteroatoms. The van der Waals surface area contributed by atoms with Gasteiger partial charge in [-0.1, -0.05) is 25.1 Å². The Kier molecular flexibility index (Phi) is 5.97. The minimum atomic E-state index is -0.189. The highest BCUT2D eigenvalue weighted by molar-refractivity contribution is 5.81. The maximum Gasteiger partial charge on any atom is 0.257 e. The van der Waals surface area contributed by atoms with E-state index in [0.29, 0.717) is 12.6 Å². The van der Waals surface area contributed by atoms with Crippen LogP contribution in [0.1, 0.15) is 82.8 Å². The Morgan fingerprint density at radius 1 is 1.26 bits per heavy atom. The normalized spacial score (nSPS) is 17.3. The molecule has 2 heterocycles. The summed E-state index contributed by atoms with van der Waals surface area (Å²) in [5.41, 5.74) is 2.69. The monoisotopic (exact) mass is 423 g/mol. The smallest absolute Gasteiger partial charge is 0.257 e. The lowest BCUT2D eigenvalue weighted by molar-refractivity contribution is -0.969. The van der Waals surface area contributed by atoms with Crippen LogP contribution < -0.4 is 10.5 Å². The van der Waals surface area contributed by atoms with Crippen molar-refractivity contribution in [2.75, 3.05) is 0 Å². The van der Waals surface area contributed by atoms with Crippen LogP contribution in [0.4, 0.5) is 0 Å². The minimum absolute atomic E-state index is 0.0163. The van der Waals surface area contributed by atoms with Crippen molar-refractivity contribution in [2.45, 2.75) is 90.9 Å². The van der Waals surface area contributed by atoms with Crippen molar-refractivity contribution >= 4 is 10.9 Å². The summed E-state index contributed by atoms with van der Waals surface area (Å²) < 4.78 is 1.96. The first-order valence-corrected chi connectivity index (χ1v) is 11.6. The number of fused-ring (bicyclic) bond motifs is 1. The van der Waals surface area contributed by atoms with Gasteiger partial charge in [-0.25, -0.2) is 4.68 Å². The number of nitrogens with one attached hydrogen (secondary N) is 2. The molecule has 0 aliphatic heterocycles. The van der Waals surface area contributed by atoms with Gasteiger partial charge in [-0.15, -0.1) is 5.10 Å². The molecule has 2 atom stereocenters. The third-order valence-corrected chi connectivity index (χ3v) is 6.74. The number of hydrogen-bond acceptors (Lipinski definition) is 4. The van der Waals surface area contributed by atoms with Gasteiger partial charge in [0.2, 0.25) is 5.82 Å². The number of aryl methyl sites for hydroxylation is 1. The van der Waals surface area contributed by atoms with E-state index in [1.54, 1.807) is 0 Å². The van der Waals surface area contributed by atoms with Crippen molar-refractivity contribution in [1.29, 1.82) is 0 Å². The Morgan fingerprint density at radius 3 is 2.68 bits per heavy atom. The lowest BCUT2D eigenvalue weighted by Crippen LogP contribution is -3.14.